The summed E-state index contributed by atoms with van der Waals surface area (Å²) in [6.45, 7) is 1.84. The van der Waals surface area contributed by atoms with Gasteiger partial charge >= 0.3 is 0 Å². The highest BCUT2D eigenvalue weighted by Gasteiger charge is 2.14. The third-order valence-corrected chi connectivity index (χ3v) is 4.81. The number of hydrazine groups is 1. The van der Waals surface area contributed by atoms with Crippen LogP contribution < -0.4 is 15.6 Å². The Hall–Kier alpha value is -2.86. The van der Waals surface area contributed by atoms with Crippen molar-refractivity contribution in [3.05, 3.63) is 75.8 Å². The van der Waals surface area contributed by atoms with Gasteiger partial charge in [0, 0.05) is 15.6 Å². The molecule has 6 heteroatoms. The fourth-order valence-electron chi connectivity index (χ4n) is 2.94. The van der Waals surface area contributed by atoms with E-state index >= 15 is 0 Å². The number of amides is 2. The van der Waals surface area contributed by atoms with Crippen LogP contribution >= 0.6 is 15.9 Å². The number of aryl methyl sites for hydroxylation is 1. The van der Waals surface area contributed by atoms with E-state index in [1.54, 1.807) is 19.2 Å². The van der Waals surface area contributed by atoms with Gasteiger partial charge in [0.05, 0.1) is 13.5 Å². The summed E-state index contributed by atoms with van der Waals surface area (Å²) in [5.41, 5.74) is 7.07. The van der Waals surface area contributed by atoms with Crippen LogP contribution in [-0.4, -0.2) is 18.9 Å². The topological polar surface area (TPSA) is 67.4 Å². The highest BCUT2D eigenvalue weighted by molar-refractivity contribution is 9.10. The smallest absolute Gasteiger partial charge is 0.269 e. The molecule has 0 atom stereocenters. The molecule has 0 bridgehead atoms. The summed E-state index contributed by atoms with van der Waals surface area (Å²) in [6.07, 6.45) is 0.0796. The van der Waals surface area contributed by atoms with Crippen LogP contribution in [0.25, 0.3) is 10.8 Å². The Labute approximate surface area is 165 Å². The number of benzene rings is 3. The average molecular weight is 427 g/mol. The molecule has 0 aliphatic heterocycles. The summed E-state index contributed by atoms with van der Waals surface area (Å²) in [6, 6.07) is 16.8. The lowest BCUT2D eigenvalue weighted by Gasteiger charge is -2.13. The van der Waals surface area contributed by atoms with Crippen LogP contribution in [-0.2, 0) is 11.2 Å². The van der Waals surface area contributed by atoms with E-state index in [1.807, 2.05) is 49.4 Å². The Morgan fingerprint density at radius 1 is 1.04 bits per heavy atom. The number of rotatable bonds is 4. The first-order valence-corrected chi connectivity index (χ1v) is 9.19. The molecule has 0 saturated carbocycles. The number of nitrogens with one attached hydrogen (secondary N) is 2. The second-order valence-corrected chi connectivity index (χ2v) is 7.02. The van der Waals surface area contributed by atoms with Gasteiger partial charge in [-0.05, 0) is 47.5 Å². The summed E-state index contributed by atoms with van der Waals surface area (Å²) in [7, 11) is 1.57. The molecule has 3 aromatic rings. The van der Waals surface area contributed by atoms with Crippen molar-refractivity contribution in [3.8, 4) is 5.75 Å². The number of carbonyl (C=O) groups excluding carboxylic acids is 2. The van der Waals surface area contributed by atoms with Gasteiger partial charge in [-0.2, -0.15) is 0 Å². The number of ether oxygens (including phenoxy) is 1. The molecular formula is C21H19BrN2O3. The molecule has 0 fully saturated rings. The van der Waals surface area contributed by atoms with Crippen molar-refractivity contribution in [2.45, 2.75) is 13.3 Å². The van der Waals surface area contributed by atoms with E-state index in [0.29, 0.717) is 11.3 Å². The van der Waals surface area contributed by atoms with Gasteiger partial charge in [0.1, 0.15) is 5.75 Å². The highest BCUT2D eigenvalue weighted by atomic mass is 79.9. The summed E-state index contributed by atoms with van der Waals surface area (Å²) < 4.78 is 6.38. The number of halogens is 1. The SMILES string of the molecule is COc1ccc2cc(Br)ccc2c1CC(=O)NNC(=O)c1ccccc1C. The molecule has 3 rings (SSSR count). The van der Waals surface area contributed by atoms with Gasteiger partial charge in [0.2, 0.25) is 5.91 Å². The van der Waals surface area contributed by atoms with E-state index in [-0.39, 0.29) is 18.2 Å². The van der Waals surface area contributed by atoms with Gasteiger partial charge < -0.3 is 4.74 Å². The molecular weight excluding hydrogens is 408 g/mol. The lowest BCUT2D eigenvalue weighted by Crippen LogP contribution is -2.42. The zero-order valence-corrected chi connectivity index (χ0v) is 16.6. The second-order valence-electron chi connectivity index (χ2n) is 6.11. The van der Waals surface area contributed by atoms with Crippen molar-refractivity contribution >= 4 is 38.5 Å². The molecule has 0 heterocycles. The van der Waals surface area contributed by atoms with E-state index < -0.39 is 0 Å². The molecule has 2 N–H and O–H groups in total. The standard InChI is InChI=1S/C21H19BrN2O3/c1-13-5-3-4-6-16(13)21(26)24-23-20(25)12-18-17-9-8-15(22)11-14(17)7-10-19(18)27-2/h3-11H,12H2,1-2H3,(H,23,25)(H,24,26). The van der Waals surface area contributed by atoms with Crippen LogP contribution in [0.15, 0.2) is 59.1 Å². The zero-order valence-electron chi connectivity index (χ0n) is 15.0. The fraction of sp³-hybridized carbons (Fsp3) is 0.143. The summed E-state index contributed by atoms with van der Waals surface area (Å²) >= 11 is 3.45. The maximum Gasteiger partial charge on any atom is 0.269 e. The number of hydrogen-bond donors (Lipinski definition) is 2. The first-order valence-electron chi connectivity index (χ1n) is 8.39. The number of methoxy groups -OCH3 is 1. The first-order chi connectivity index (χ1) is 13.0. The van der Waals surface area contributed by atoms with Gasteiger partial charge in [0.15, 0.2) is 0 Å². The molecule has 0 unspecified atom stereocenters. The third kappa shape index (κ3) is 4.28. The highest BCUT2D eigenvalue weighted by Crippen LogP contribution is 2.30. The fourth-order valence-corrected chi connectivity index (χ4v) is 3.32. The van der Waals surface area contributed by atoms with E-state index in [2.05, 4.69) is 26.8 Å². The molecule has 27 heavy (non-hydrogen) atoms. The third-order valence-electron chi connectivity index (χ3n) is 4.31. The van der Waals surface area contributed by atoms with Crippen LogP contribution in [0.1, 0.15) is 21.5 Å². The first kappa shape index (κ1) is 18.9. The van der Waals surface area contributed by atoms with Crippen LogP contribution in [0.5, 0.6) is 5.75 Å². The normalized spacial score (nSPS) is 10.5. The van der Waals surface area contributed by atoms with Gasteiger partial charge in [-0.25, -0.2) is 0 Å². The quantitative estimate of drug-likeness (QED) is 0.621. The molecule has 0 saturated heterocycles. The van der Waals surface area contributed by atoms with E-state index in [0.717, 1.165) is 26.4 Å². The van der Waals surface area contributed by atoms with Gasteiger partial charge in [-0.15, -0.1) is 0 Å². The van der Waals surface area contributed by atoms with Crippen LogP contribution in [0.2, 0.25) is 0 Å². The van der Waals surface area contributed by atoms with Crippen molar-refractivity contribution < 1.29 is 14.3 Å². The Morgan fingerprint density at radius 3 is 2.56 bits per heavy atom. The lowest BCUT2D eigenvalue weighted by molar-refractivity contribution is -0.121. The summed E-state index contributed by atoms with van der Waals surface area (Å²) in [5.74, 6) is -0.0499. The van der Waals surface area contributed by atoms with Crippen LogP contribution in [0.4, 0.5) is 0 Å². The number of hydrogen-bond acceptors (Lipinski definition) is 3. The average Bonchev–Trinajstić information content (AvgIpc) is 2.66. The van der Waals surface area contributed by atoms with Crippen molar-refractivity contribution in [3.63, 3.8) is 0 Å². The molecule has 0 radical (unpaired) electrons. The van der Waals surface area contributed by atoms with Crippen LogP contribution in [0.3, 0.4) is 0 Å². The zero-order chi connectivity index (χ0) is 19.4. The molecule has 0 aliphatic carbocycles. The minimum absolute atomic E-state index is 0.0796. The Kier molecular flexibility index (Phi) is 5.76. The van der Waals surface area contributed by atoms with Crippen LogP contribution in [0, 0.1) is 6.92 Å². The second kappa shape index (κ2) is 8.22. The number of fused-ring (bicyclic) bond motifs is 1. The molecule has 0 aromatic heterocycles. The molecule has 0 aliphatic rings. The van der Waals surface area contributed by atoms with Crippen molar-refractivity contribution in [1.29, 1.82) is 0 Å². The summed E-state index contributed by atoms with van der Waals surface area (Å²) in [4.78, 5) is 24.7. The Bertz CT molecular complexity index is 1020. The predicted molar refractivity (Wildman–Crippen MR) is 109 cm³/mol. The monoisotopic (exact) mass is 426 g/mol. The lowest BCUT2D eigenvalue weighted by atomic mass is 10.0. The van der Waals surface area contributed by atoms with E-state index in [9.17, 15) is 9.59 Å². The minimum atomic E-state index is -0.352. The van der Waals surface area contributed by atoms with Gasteiger partial charge in [0.25, 0.3) is 5.91 Å². The summed E-state index contributed by atoms with van der Waals surface area (Å²) in [5, 5.41) is 1.93. The van der Waals surface area contributed by atoms with Crippen molar-refractivity contribution in [1.82, 2.24) is 10.9 Å². The van der Waals surface area contributed by atoms with Crippen molar-refractivity contribution in [2.24, 2.45) is 0 Å². The Morgan fingerprint density at radius 2 is 1.81 bits per heavy atom. The molecule has 138 valence electrons. The van der Waals surface area contributed by atoms with Gasteiger partial charge in [-0.3, -0.25) is 20.4 Å². The minimum Gasteiger partial charge on any atom is -0.496 e. The maximum atomic E-state index is 12.4. The van der Waals surface area contributed by atoms with E-state index in [1.165, 1.54) is 0 Å². The Balaban J connectivity index is 1.76. The molecule has 5 nitrogen and oxygen atoms in total. The largest absolute Gasteiger partial charge is 0.496 e. The predicted octanol–water partition coefficient (Wildman–Crippen LogP) is 3.92. The van der Waals surface area contributed by atoms with Gasteiger partial charge in [-0.1, -0.05) is 46.3 Å². The molecule has 2 amide bonds. The molecule has 3 aromatic carbocycles. The van der Waals surface area contributed by atoms with Crippen molar-refractivity contribution in [2.75, 3.05) is 7.11 Å². The maximum absolute atomic E-state index is 12.4. The van der Waals surface area contributed by atoms with E-state index in [4.69, 9.17) is 4.74 Å². The molecule has 0 spiro atoms. The number of carbonyl (C=O) groups is 2.